The first kappa shape index (κ1) is 8.83. The predicted molar refractivity (Wildman–Crippen MR) is 61.6 cm³/mol. The van der Waals surface area contributed by atoms with E-state index in [1.807, 2.05) is 12.1 Å². The molecule has 0 spiro atoms. The molecule has 62 valence electrons. The molecule has 2 aromatic heterocycles. The van der Waals surface area contributed by atoms with Gasteiger partial charge >= 0.3 is 0 Å². The Hall–Kier alpha value is 0.250. The fourth-order valence-corrected chi connectivity index (χ4v) is 2.15. The molecule has 0 aromatic carbocycles. The molecule has 5 heteroatoms. The van der Waals surface area contributed by atoms with Gasteiger partial charge in [0.1, 0.15) is 5.52 Å². The smallest absolute Gasteiger partial charge is 0.173 e. The molecule has 0 aliphatic rings. The Morgan fingerprint density at radius 3 is 3.08 bits per heavy atom. The van der Waals surface area contributed by atoms with Gasteiger partial charge in [0.25, 0.3) is 0 Å². The molecule has 2 nitrogen and oxygen atoms in total. The summed E-state index contributed by atoms with van der Waals surface area (Å²) >= 11 is 5.51. The average molecular weight is 356 g/mol. The molecule has 0 atom stereocenters. The van der Waals surface area contributed by atoms with E-state index in [1.165, 1.54) is 0 Å². The highest BCUT2D eigenvalue weighted by Crippen LogP contribution is 2.31. The summed E-state index contributed by atoms with van der Waals surface area (Å²) in [4.78, 5) is 4.19. The Bertz CT molecular complexity index is 417. The zero-order chi connectivity index (χ0) is 8.55. The third-order valence-corrected chi connectivity index (χ3v) is 3.48. The first-order valence-electron chi connectivity index (χ1n) is 3.13. The van der Waals surface area contributed by atoms with Crippen LogP contribution in [0.5, 0.6) is 0 Å². The Kier molecular flexibility index (Phi) is 2.61. The number of furan rings is 1. The maximum absolute atomic E-state index is 5.46. The minimum absolute atomic E-state index is 0.823. The fraction of sp³-hybridized carbons (Fsp3) is 0. The van der Waals surface area contributed by atoms with E-state index >= 15 is 0 Å². The van der Waals surface area contributed by atoms with Crippen LogP contribution in [0, 0.1) is 0 Å². The number of pyridine rings is 1. The SMILES string of the molecule is Brc1cnc2cc(SI)oc2c1. The number of hydrogen-bond donors (Lipinski definition) is 0. The van der Waals surface area contributed by atoms with Crippen molar-refractivity contribution in [3.05, 3.63) is 22.8 Å². The van der Waals surface area contributed by atoms with Gasteiger partial charge in [-0.2, -0.15) is 0 Å². The maximum Gasteiger partial charge on any atom is 0.173 e. The van der Waals surface area contributed by atoms with E-state index in [1.54, 1.807) is 15.1 Å². The van der Waals surface area contributed by atoms with Gasteiger partial charge in [-0.25, -0.2) is 0 Å². The van der Waals surface area contributed by atoms with Gasteiger partial charge < -0.3 is 4.42 Å². The lowest BCUT2D eigenvalue weighted by Gasteiger charge is -1.87. The fourth-order valence-electron chi connectivity index (χ4n) is 0.909. The highest BCUT2D eigenvalue weighted by molar-refractivity contribution is 14.2. The monoisotopic (exact) mass is 355 g/mol. The van der Waals surface area contributed by atoms with Crippen molar-refractivity contribution in [2.75, 3.05) is 0 Å². The number of rotatable bonds is 1. The van der Waals surface area contributed by atoms with Gasteiger partial charge in [0.05, 0.1) is 0 Å². The van der Waals surface area contributed by atoms with Crippen LogP contribution in [-0.2, 0) is 0 Å². The lowest BCUT2D eigenvalue weighted by molar-refractivity contribution is 0.517. The topological polar surface area (TPSA) is 26.0 Å². The Labute approximate surface area is 93.8 Å². The van der Waals surface area contributed by atoms with Gasteiger partial charge in [-0.1, -0.05) is 0 Å². The minimum atomic E-state index is 0.823. The molecule has 0 unspecified atom stereocenters. The normalized spacial score (nSPS) is 10.8. The van der Waals surface area contributed by atoms with Crippen LogP contribution in [-0.4, -0.2) is 4.98 Å². The number of nitrogens with zero attached hydrogens (tertiary/aromatic N) is 1. The largest absolute Gasteiger partial charge is 0.447 e. The lowest BCUT2D eigenvalue weighted by atomic mass is 10.4. The molecule has 0 aliphatic carbocycles. The molecule has 2 heterocycles. The first-order valence-corrected chi connectivity index (χ1v) is 7.28. The summed E-state index contributed by atoms with van der Waals surface area (Å²) in [6.07, 6.45) is 1.76. The average Bonchev–Trinajstić information content (AvgIpc) is 2.46. The third-order valence-electron chi connectivity index (χ3n) is 1.39. The molecule has 0 radical (unpaired) electrons. The molecule has 0 saturated carbocycles. The van der Waals surface area contributed by atoms with Gasteiger partial charge in [0.2, 0.25) is 0 Å². The number of hydrogen-bond acceptors (Lipinski definition) is 3. The summed E-state index contributed by atoms with van der Waals surface area (Å²) < 4.78 is 6.40. The second-order valence-corrected chi connectivity index (χ2v) is 4.97. The molecular formula is C7H3BrINOS. The molecular weight excluding hydrogens is 353 g/mol. The Morgan fingerprint density at radius 1 is 1.50 bits per heavy atom. The van der Waals surface area contributed by atoms with Crippen molar-refractivity contribution in [1.82, 2.24) is 4.98 Å². The van der Waals surface area contributed by atoms with E-state index in [4.69, 9.17) is 4.42 Å². The van der Waals surface area contributed by atoms with Crippen molar-refractivity contribution >= 4 is 57.2 Å². The third kappa shape index (κ3) is 1.62. The molecule has 0 bridgehead atoms. The van der Waals surface area contributed by atoms with E-state index in [-0.39, 0.29) is 0 Å². The number of halogens is 2. The lowest BCUT2D eigenvalue weighted by Crippen LogP contribution is -1.70. The van der Waals surface area contributed by atoms with Crippen LogP contribution >= 0.6 is 46.1 Å². The molecule has 0 saturated heterocycles. The summed E-state index contributed by atoms with van der Waals surface area (Å²) in [7, 11) is 1.55. The van der Waals surface area contributed by atoms with E-state index in [0.717, 1.165) is 20.7 Å². The highest BCUT2D eigenvalue weighted by atomic mass is 127. The molecule has 0 N–H and O–H groups in total. The predicted octanol–water partition coefficient (Wildman–Crippen LogP) is 4.03. The summed E-state index contributed by atoms with van der Waals surface area (Å²) in [5.41, 5.74) is 1.72. The van der Waals surface area contributed by atoms with Gasteiger partial charge in [0, 0.05) is 37.9 Å². The van der Waals surface area contributed by atoms with Crippen molar-refractivity contribution in [2.24, 2.45) is 0 Å². The van der Waals surface area contributed by atoms with Crippen LogP contribution in [0.25, 0.3) is 11.1 Å². The summed E-state index contributed by atoms with van der Waals surface area (Å²) in [5, 5.41) is 0.885. The van der Waals surface area contributed by atoms with Crippen molar-refractivity contribution in [1.29, 1.82) is 0 Å². The number of fused-ring (bicyclic) bond motifs is 1. The van der Waals surface area contributed by atoms with Crippen LogP contribution in [0.4, 0.5) is 0 Å². The molecule has 2 rings (SSSR count). The van der Waals surface area contributed by atoms with Crippen molar-refractivity contribution < 1.29 is 4.42 Å². The van der Waals surface area contributed by atoms with E-state index in [9.17, 15) is 0 Å². The van der Waals surface area contributed by atoms with Crippen molar-refractivity contribution in [2.45, 2.75) is 5.09 Å². The standard InChI is InChI=1S/C7H3BrINOS/c8-4-1-6-5(10-3-4)2-7(11-6)12-9/h1-3H. The molecule has 2 aromatic rings. The second-order valence-electron chi connectivity index (χ2n) is 2.18. The molecule has 12 heavy (non-hydrogen) atoms. The van der Waals surface area contributed by atoms with Crippen LogP contribution in [0.15, 0.2) is 32.3 Å². The van der Waals surface area contributed by atoms with Crippen LogP contribution < -0.4 is 0 Å². The Morgan fingerprint density at radius 2 is 2.33 bits per heavy atom. The van der Waals surface area contributed by atoms with Gasteiger partial charge in [-0.3, -0.25) is 4.98 Å². The minimum Gasteiger partial charge on any atom is -0.447 e. The van der Waals surface area contributed by atoms with E-state index < -0.39 is 0 Å². The van der Waals surface area contributed by atoms with Crippen molar-refractivity contribution in [3.63, 3.8) is 0 Å². The van der Waals surface area contributed by atoms with Crippen LogP contribution in [0.3, 0.4) is 0 Å². The van der Waals surface area contributed by atoms with Gasteiger partial charge in [-0.05, 0) is 30.9 Å². The molecule has 0 fully saturated rings. The quantitative estimate of drug-likeness (QED) is 0.722. The zero-order valence-corrected chi connectivity index (χ0v) is 10.3. The van der Waals surface area contributed by atoms with Gasteiger partial charge in [0.15, 0.2) is 10.7 Å². The summed E-state index contributed by atoms with van der Waals surface area (Å²) in [6, 6.07) is 3.84. The maximum atomic E-state index is 5.46. The summed E-state index contributed by atoms with van der Waals surface area (Å²) in [6.45, 7) is 0. The van der Waals surface area contributed by atoms with Crippen LogP contribution in [0.2, 0.25) is 0 Å². The first-order chi connectivity index (χ1) is 5.79. The summed E-state index contributed by atoms with van der Waals surface area (Å²) in [5.74, 6) is 0. The number of aromatic nitrogens is 1. The van der Waals surface area contributed by atoms with E-state index in [2.05, 4.69) is 42.1 Å². The second kappa shape index (κ2) is 3.55. The Balaban J connectivity index is 2.67. The van der Waals surface area contributed by atoms with E-state index in [0.29, 0.717) is 0 Å². The molecule has 0 aliphatic heterocycles. The van der Waals surface area contributed by atoms with Crippen molar-refractivity contribution in [3.8, 4) is 0 Å². The zero-order valence-electron chi connectivity index (χ0n) is 5.75. The highest BCUT2D eigenvalue weighted by Gasteiger charge is 2.03. The molecule has 0 amide bonds. The van der Waals surface area contributed by atoms with Crippen LogP contribution in [0.1, 0.15) is 0 Å². The van der Waals surface area contributed by atoms with Gasteiger partial charge in [-0.15, -0.1) is 0 Å².